The Hall–Kier alpha value is -0.0800. The van der Waals surface area contributed by atoms with Gasteiger partial charge in [-0.05, 0) is 6.54 Å². The molecule has 2 aliphatic heterocycles. The van der Waals surface area contributed by atoms with Crippen LogP contribution in [0.3, 0.4) is 0 Å². The average molecular weight is 168 g/mol. The lowest BCUT2D eigenvalue weighted by atomic mass is 9.71. The molecular formula is C10H20N2. The molecule has 12 heavy (non-hydrogen) atoms. The predicted molar refractivity (Wildman–Crippen MR) is 51.2 cm³/mol. The van der Waals surface area contributed by atoms with Crippen LogP contribution in [0, 0.1) is 10.8 Å². The molecule has 0 bridgehead atoms. The first-order valence-corrected chi connectivity index (χ1v) is 5.03. The van der Waals surface area contributed by atoms with Gasteiger partial charge in [-0.15, -0.1) is 0 Å². The molecule has 2 rings (SSSR count). The van der Waals surface area contributed by atoms with Crippen LogP contribution in [-0.2, 0) is 0 Å². The summed E-state index contributed by atoms with van der Waals surface area (Å²) in [7, 11) is 0. The van der Waals surface area contributed by atoms with E-state index in [-0.39, 0.29) is 0 Å². The average Bonchev–Trinajstić information content (AvgIpc) is 2.38. The number of hydrogen-bond donors (Lipinski definition) is 1. The van der Waals surface area contributed by atoms with E-state index in [0.29, 0.717) is 10.8 Å². The zero-order valence-corrected chi connectivity index (χ0v) is 8.48. The summed E-state index contributed by atoms with van der Waals surface area (Å²) in [6, 6.07) is 0. The maximum Gasteiger partial charge on any atom is 0.00538 e. The lowest BCUT2D eigenvalue weighted by Crippen LogP contribution is -2.34. The number of nitrogens with zero attached hydrogens (tertiary/aromatic N) is 1. The fraction of sp³-hybridized carbons (Fsp3) is 1.00. The number of rotatable bonds is 1. The fourth-order valence-electron chi connectivity index (χ4n) is 2.80. The van der Waals surface area contributed by atoms with E-state index in [2.05, 4.69) is 31.0 Å². The first-order valence-electron chi connectivity index (χ1n) is 5.03. The van der Waals surface area contributed by atoms with E-state index in [1.54, 1.807) is 0 Å². The summed E-state index contributed by atoms with van der Waals surface area (Å²) in [5.41, 5.74) is 1.06. The molecule has 70 valence electrons. The van der Waals surface area contributed by atoms with Crippen molar-refractivity contribution in [2.24, 2.45) is 10.8 Å². The van der Waals surface area contributed by atoms with Crippen molar-refractivity contribution < 1.29 is 0 Å². The minimum atomic E-state index is 0.531. The zero-order valence-electron chi connectivity index (χ0n) is 8.48. The van der Waals surface area contributed by atoms with Gasteiger partial charge in [0.2, 0.25) is 0 Å². The summed E-state index contributed by atoms with van der Waals surface area (Å²) < 4.78 is 0. The quantitative estimate of drug-likeness (QED) is 0.627. The molecule has 2 fully saturated rings. The van der Waals surface area contributed by atoms with Gasteiger partial charge in [-0.2, -0.15) is 0 Å². The Labute approximate surface area is 75.3 Å². The van der Waals surface area contributed by atoms with Gasteiger partial charge in [-0.25, -0.2) is 0 Å². The van der Waals surface area contributed by atoms with Crippen LogP contribution in [0.5, 0.6) is 0 Å². The van der Waals surface area contributed by atoms with Crippen LogP contribution < -0.4 is 5.32 Å². The molecule has 0 unspecified atom stereocenters. The van der Waals surface area contributed by atoms with Gasteiger partial charge in [-0.3, -0.25) is 0 Å². The SMILES string of the molecule is CCN1C[C@]2(C)CNC[C@]2(C)C1. The third-order valence-corrected chi connectivity index (χ3v) is 4.08. The second kappa shape index (κ2) is 2.46. The van der Waals surface area contributed by atoms with Gasteiger partial charge in [0.15, 0.2) is 0 Å². The molecule has 0 amide bonds. The first kappa shape index (κ1) is 8.52. The third kappa shape index (κ3) is 0.944. The monoisotopic (exact) mass is 168 g/mol. The lowest BCUT2D eigenvalue weighted by molar-refractivity contribution is 0.212. The second-order valence-electron chi connectivity index (χ2n) is 5.03. The Morgan fingerprint density at radius 1 is 1.17 bits per heavy atom. The van der Waals surface area contributed by atoms with Crippen LogP contribution in [0.25, 0.3) is 0 Å². The van der Waals surface area contributed by atoms with Crippen LogP contribution in [-0.4, -0.2) is 37.6 Å². The fourth-order valence-corrected chi connectivity index (χ4v) is 2.80. The number of fused-ring (bicyclic) bond motifs is 1. The summed E-state index contributed by atoms with van der Waals surface area (Å²) in [5.74, 6) is 0. The van der Waals surface area contributed by atoms with Crippen molar-refractivity contribution >= 4 is 0 Å². The van der Waals surface area contributed by atoms with Crippen LogP contribution in [0.4, 0.5) is 0 Å². The van der Waals surface area contributed by atoms with Gasteiger partial charge < -0.3 is 10.2 Å². The van der Waals surface area contributed by atoms with Crippen molar-refractivity contribution in [3.63, 3.8) is 0 Å². The molecule has 0 radical (unpaired) electrons. The van der Waals surface area contributed by atoms with Crippen LogP contribution in [0.1, 0.15) is 20.8 Å². The van der Waals surface area contributed by atoms with E-state index in [0.717, 1.165) is 0 Å². The Bertz CT molecular complexity index is 174. The first-order chi connectivity index (χ1) is 5.60. The van der Waals surface area contributed by atoms with Gasteiger partial charge in [0.05, 0.1) is 0 Å². The van der Waals surface area contributed by atoms with E-state index < -0.39 is 0 Å². The summed E-state index contributed by atoms with van der Waals surface area (Å²) >= 11 is 0. The summed E-state index contributed by atoms with van der Waals surface area (Å²) in [4.78, 5) is 2.58. The van der Waals surface area contributed by atoms with Crippen molar-refractivity contribution in [2.45, 2.75) is 20.8 Å². The van der Waals surface area contributed by atoms with E-state index >= 15 is 0 Å². The highest BCUT2D eigenvalue weighted by atomic mass is 15.2. The Balaban J connectivity index is 2.19. The van der Waals surface area contributed by atoms with Crippen molar-refractivity contribution in [2.75, 3.05) is 32.7 Å². The van der Waals surface area contributed by atoms with Crippen molar-refractivity contribution in [1.82, 2.24) is 10.2 Å². The maximum absolute atomic E-state index is 3.52. The molecule has 1 N–H and O–H groups in total. The summed E-state index contributed by atoms with van der Waals surface area (Å²) in [6.07, 6.45) is 0. The van der Waals surface area contributed by atoms with Crippen molar-refractivity contribution in [3.05, 3.63) is 0 Å². The molecule has 2 heterocycles. The highest BCUT2D eigenvalue weighted by Crippen LogP contribution is 2.48. The molecular weight excluding hydrogens is 148 g/mol. The molecule has 0 saturated carbocycles. The smallest absolute Gasteiger partial charge is 0.00538 e. The van der Waals surface area contributed by atoms with Gasteiger partial charge in [0.25, 0.3) is 0 Å². The molecule has 2 aliphatic rings. The molecule has 0 spiro atoms. The standard InChI is InChI=1S/C10H20N2/c1-4-12-7-9(2)5-11-6-10(9,3)8-12/h11H,4-8H2,1-3H3/t9-,10+. The van der Waals surface area contributed by atoms with Crippen LogP contribution in [0.2, 0.25) is 0 Å². The number of nitrogens with one attached hydrogen (secondary N) is 1. The molecule has 2 atom stereocenters. The minimum Gasteiger partial charge on any atom is -0.316 e. The molecule has 2 nitrogen and oxygen atoms in total. The van der Waals surface area contributed by atoms with E-state index in [1.807, 2.05) is 0 Å². The lowest BCUT2D eigenvalue weighted by Gasteiger charge is -2.31. The van der Waals surface area contributed by atoms with E-state index in [1.165, 1.54) is 32.7 Å². The molecule has 2 heteroatoms. The van der Waals surface area contributed by atoms with Gasteiger partial charge in [0, 0.05) is 37.0 Å². The van der Waals surface area contributed by atoms with Gasteiger partial charge in [-0.1, -0.05) is 20.8 Å². The van der Waals surface area contributed by atoms with Gasteiger partial charge >= 0.3 is 0 Å². The topological polar surface area (TPSA) is 15.3 Å². The highest BCUT2D eigenvalue weighted by Gasteiger charge is 2.54. The van der Waals surface area contributed by atoms with E-state index in [9.17, 15) is 0 Å². The minimum absolute atomic E-state index is 0.531. The predicted octanol–water partition coefficient (Wildman–Crippen LogP) is 0.938. The third-order valence-electron chi connectivity index (χ3n) is 4.08. The van der Waals surface area contributed by atoms with Crippen molar-refractivity contribution in [1.29, 1.82) is 0 Å². The Morgan fingerprint density at radius 3 is 2.08 bits per heavy atom. The molecule has 0 aromatic rings. The molecule has 2 saturated heterocycles. The summed E-state index contributed by atoms with van der Waals surface area (Å²) in [5, 5.41) is 3.52. The normalized spacial score (nSPS) is 48.2. The maximum atomic E-state index is 3.52. The van der Waals surface area contributed by atoms with Crippen LogP contribution >= 0.6 is 0 Å². The zero-order chi connectivity index (χ0) is 8.82. The summed E-state index contributed by atoms with van der Waals surface area (Å²) in [6.45, 7) is 13.3. The van der Waals surface area contributed by atoms with Crippen molar-refractivity contribution in [3.8, 4) is 0 Å². The van der Waals surface area contributed by atoms with E-state index in [4.69, 9.17) is 0 Å². The highest BCUT2D eigenvalue weighted by molar-refractivity contribution is 5.08. The second-order valence-corrected chi connectivity index (χ2v) is 5.03. The van der Waals surface area contributed by atoms with Crippen LogP contribution in [0.15, 0.2) is 0 Å². The number of hydrogen-bond acceptors (Lipinski definition) is 2. The molecule has 0 aromatic carbocycles. The number of likely N-dealkylation sites (tertiary alicyclic amines) is 1. The van der Waals surface area contributed by atoms with Gasteiger partial charge in [0.1, 0.15) is 0 Å². The largest absolute Gasteiger partial charge is 0.316 e. The molecule has 0 aliphatic carbocycles. The molecule has 0 aromatic heterocycles. The Morgan fingerprint density at radius 2 is 1.67 bits per heavy atom. The Kier molecular flexibility index (Phi) is 1.74.